The van der Waals surface area contributed by atoms with Gasteiger partial charge in [-0.1, -0.05) is 29.5 Å². The number of aryl methyl sites for hydroxylation is 1. The number of ether oxygens (including phenoxy) is 1. The van der Waals surface area contributed by atoms with E-state index in [1.807, 2.05) is 10.9 Å². The molecular formula is C20H27N5O2. The van der Waals surface area contributed by atoms with Crippen LogP contribution in [0.2, 0.25) is 0 Å². The maximum atomic E-state index is 12.6. The van der Waals surface area contributed by atoms with Crippen LogP contribution in [0.1, 0.15) is 40.5 Å². The van der Waals surface area contributed by atoms with Crippen molar-refractivity contribution in [2.75, 3.05) is 39.4 Å². The van der Waals surface area contributed by atoms with Crippen LogP contribution in [0.5, 0.6) is 0 Å². The number of likely N-dealkylation sites (tertiary alicyclic amines) is 1. The van der Waals surface area contributed by atoms with Crippen LogP contribution in [-0.2, 0) is 11.3 Å². The molecule has 0 saturated carbocycles. The molecule has 2 aliphatic rings. The molecule has 7 heteroatoms. The highest BCUT2D eigenvalue weighted by Gasteiger charge is 2.26. The number of hydrogen-bond donors (Lipinski definition) is 0. The van der Waals surface area contributed by atoms with Gasteiger partial charge in [-0.25, -0.2) is 4.68 Å². The molecule has 0 N–H and O–H groups in total. The lowest BCUT2D eigenvalue weighted by molar-refractivity contribution is 0.0299. The highest BCUT2D eigenvalue weighted by molar-refractivity contribution is 5.92. The van der Waals surface area contributed by atoms with Gasteiger partial charge >= 0.3 is 0 Å². The van der Waals surface area contributed by atoms with Crippen LogP contribution in [0.4, 0.5) is 0 Å². The Morgan fingerprint density at radius 3 is 2.85 bits per heavy atom. The summed E-state index contributed by atoms with van der Waals surface area (Å²) < 4.78 is 7.20. The lowest BCUT2D eigenvalue weighted by Crippen LogP contribution is -2.40. The van der Waals surface area contributed by atoms with Crippen molar-refractivity contribution >= 4 is 5.91 Å². The van der Waals surface area contributed by atoms with Crippen molar-refractivity contribution in [1.82, 2.24) is 24.8 Å². The van der Waals surface area contributed by atoms with Crippen molar-refractivity contribution in [3.8, 4) is 0 Å². The number of morpholine rings is 1. The van der Waals surface area contributed by atoms with E-state index < -0.39 is 0 Å². The van der Waals surface area contributed by atoms with Gasteiger partial charge in [0.05, 0.1) is 25.5 Å². The number of carbonyl (C=O) groups excluding carboxylic acids is 1. The minimum atomic E-state index is -0.0443. The Bertz CT molecular complexity index is 784. The predicted octanol–water partition coefficient (Wildman–Crippen LogP) is 1.90. The molecule has 0 spiro atoms. The first-order valence-electron chi connectivity index (χ1n) is 9.76. The van der Waals surface area contributed by atoms with E-state index in [2.05, 4.69) is 46.4 Å². The van der Waals surface area contributed by atoms with Crippen LogP contribution >= 0.6 is 0 Å². The number of carbonyl (C=O) groups is 1. The van der Waals surface area contributed by atoms with Crippen LogP contribution in [0, 0.1) is 6.92 Å². The predicted molar refractivity (Wildman–Crippen MR) is 101 cm³/mol. The summed E-state index contributed by atoms with van der Waals surface area (Å²) in [5.41, 5.74) is 3.15. The fourth-order valence-corrected chi connectivity index (χ4v) is 3.90. The topological polar surface area (TPSA) is 63.5 Å². The molecule has 144 valence electrons. The zero-order valence-corrected chi connectivity index (χ0v) is 15.9. The number of hydrogen-bond acceptors (Lipinski definition) is 5. The summed E-state index contributed by atoms with van der Waals surface area (Å²) in [6.07, 6.45) is 4.02. The fourth-order valence-electron chi connectivity index (χ4n) is 3.90. The minimum Gasteiger partial charge on any atom is -0.378 e. The van der Waals surface area contributed by atoms with Crippen molar-refractivity contribution < 1.29 is 9.53 Å². The number of aromatic nitrogens is 3. The highest BCUT2D eigenvalue weighted by atomic mass is 16.5. The number of piperidine rings is 1. The van der Waals surface area contributed by atoms with E-state index in [9.17, 15) is 4.79 Å². The second-order valence-electron chi connectivity index (χ2n) is 7.45. The van der Waals surface area contributed by atoms with Crippen molar-refractivity contribution in [2.24, 2.45) is 0 Å². The number of nitrogens with zero attached hydrogens (tertiary/aromatic N) is 5. The van der Waals surface area contributed by atoms with Gasteiger partial charge in [0.25, 0.3) is 5.91 Å². The van der Waals surface area contributed by atoms with E-state index in [0.717, 1.165) is 32.5 Å². The van der Waals surface area contributed by atoms with E-state index in [-0.39, 0.29) is 11.9 Å². The van der Waals surface area contributed by atoms with Crippen molar-refractivity contribution in [3.05, 3.63) is 47.3 Å². The van der Waals surface area contributed by atoms with Crippen LogP contribution in [0.15, 0.2) is 30.5 Å². The smallest absolute Gasteiger partial charge is 0.276 e. The Morgan fingerprint density at radius 1 is 1.22 bits per heavy atom. The Hall–Kier alpha value is -2.25. The summed E-state index contributed by atoms with van der Waals surface area (Å²) in [4.78, 5) is 16.9. The third kappa shape index (κ3) is 4.20. The molecule has 2 aromatic rings. The van der Waals surface area contributed by atoms with E-state index in [0.29, 0.717) is 32.0 Å². The second-order valence-corrected chi connectivity index (χ2v) is 7.45. The Morgan fingerprint density at radius 2 is 2.04 bits per heavy atom. The first kappa shape index (κ1) is 18.1. The van der Waals surface area contributed by atoms with Gasteiger partial charge in [-0.15, -0.1) is 5.10 Å². The molecule has 7 nitrogen and oxygen atoms in total. The zero-order valence-electron chi connectivity index (χ0n) is 15.9. The third-order valence-corrected chi connectivity index (χ3v) is 5.54. The maximum Gasteiger partial charge on any atom is 0.276 e. The number of benzene rings is 1. The standard InChI is InChI=1S/C20H27N5O2/c1-16-5-2-3-6-17(16)13-23-8-4-7-18(14-23)25-15-19(21-22-25)20(26)24-9-11-27-12-10-24/h2-3,5-6,15,18H,4,7-14H2,1H3. The summed E-state index contributed by atoms with van der Waals surface area (Å²) >= 11 is 0. The molecule has 1 unspecified atom stereocenters. The van der Waals surface area contributed by atoms with Gasteiger partial charge < -0.3 is 9.64 Å². The summed E-state index contributed by atoms with van der Waals surface area (Å²) in [5.74, 6) is -0.0443. The second kappa shape index (κ2) is 8.19. The summed E-state index contributed by atoms with van der Waals surface area (Å²) in [6, 6.07) is 8.82. The summed E-state index contributed by atoms with van der Waals surface area (Å²) in [6.45, 7) is 7.59. The lowest BCUT2D eigenvalue weighted by Gasteiger charge is -2.32. The van der Waals surface area contributed by atoms with Gasteiger partial charge in [-0.2, -0.15) is 0 Å². The van der Waals surface area contributed by atoms with Crippen LogP contribution in [0.25, 0.3) is 0 Å². The largest absolute Gasteiger partial charge is 0.378 e. The van der Waals surface area contributed by atoms with Gasteiger partial charge in [-0.05, 0) is 37.4 Å². The molecule has 2 aliphatic heterocycles. The average Bonchev–Trinajstić information content (AvgIpc) is 3.20. The lowest BCUT2D eigenvalue weighted by atomic mass is 10.0. The van der Waals surface area contributed by atoms with Crippen molar-refractivity contribution in [3.63, 3.8) is 0 Å². The molecule has 2 saturated heterocycles. The quantitative estimate of drug-likeness (QED) is 0.824. The molecule has 27 heavy (non-hydrogen) atoms. The Kier molecular flexibility index (Phi) is 5.50. The van der Waals surface area contributed by atoms with E-state index >= 15 is 0 Å². The molecule has 2 fully saturated rings. The van der Waals surface area contributed by atoms with Gasteiger partial charge in [0, 0.05) is 26.2 Å². The van der Waals surface area contributed by atoms with Crippen LogP contribution in [0.3, 0.4) is 0 Å². The van der Waals surface area contributed by atoms with Crippen LogP contribution in [-0.4, -0.2) is 70.1 Å². The summed E-state index contributed by atoms with van der Waals surface area (Å²) in [7, 11) is 0. The molecule has 0 radical (unpaired) electrons. The van der Waals surface area contributed by atoms with Gasteiger partial charge in [-0.3, -0.25) is 9.69 Å². The fraction of sp³-hybridized carbons (Fsp3) is 0.550. The monoisotopic (exact) mass is 369 g/mol. The first-order valence-corrected chi connectivity index (χ1v) is 9.76. The van der Waals surface area contributed by atoms with Crippen molar-refractivity contribution in [2.45, 2.75) is 32.4 Å². The highest BCUT2D eigenvalue weighted by Crippen LogP contribution is 2.23. The molecule has 0 bridgehead atoms. The normalized spacial score (nSPS) is 21.4. The SMILES string of the molecule is Cc1ccccc1CN1CCCC(n2cc(C(=O)N3CCOCC3)nn2)C1. The molecule has 4 rings (SSSR count). The molecule has 1 aromatic carbocycles. The van der Waals surface area contributed by atoms with Crippen LogP contribution < -0.4 is 0 Å². The molecule has 1 atom stereocenters. The number of amides is 1. The zero-order chi connectivity index (χ0) is 18.6. The van der Waals surface area contributed by atoms with E-state index in [1.54, 1.807) is 4.90 Å². The molecule has 3 heterocycles. The Balaban J connectivity index is 1.40. The van der Waals surface area contributed by atoms with Gasteiger partial charge in [0.2, 0.25) is 0 Å². The maximum absolute atomic E-state index is 12.6. The molecule has 1 amide bonds. The molecular weight excluding hydrogens is 342 g/mol. The third-order valence-electron chi connectivity index (χ3n) is 5.54. The van der Waals surface area contributed by atoms with E-state index in [4.69, 9.17) is 4.74 Å². The Labute approximate surface area is 159 Å². The number of rotatable bonds is 4. The summed E-state index contributed by atoms with van der Waals surface area (Å²) in [5, 5.41) is 8.43. The first-order chi connectivity index (χ1) is 13.2. The average molecular weight is 369 g/mol. The van der Waals surface area contributed by atoms with Gasteiger partial charge in [0.1, 0.15) is 0 Å². The van der Waals surface area contributed by atoms with E-state index in [1.165, 1.54) is 11.1 Å². The minimum absolute atomic E-state index is 0.0443. The molecule has 1 aromatic heterocycles. The van der Waals surface area contributed by atoms with Gasteiger partial charge in [0.15, 0.2) is 5.69 Å². The molecule has 0 aliphatic carbocycles. The van der Waals surface area contributed by atoms with Crippen molar-refractivity contribution in [1.29, 1.82) is 0 Å².